The lowest BCUT2D eigenvalue weighted by Crippen LogP contribution is -2.22. The summed E-state index contributed by atoms with van der Waals surface area (Å²) in [5.74, 6) is 2.62. The number of unbranched alkanes of at least 4 members (excludes halogenated alkanes) is 2. The topological polar surface area (TPSA) is 99.2 Å². The SMILES string of the molecule is O=C(CCCCC1CCSS1)NCc1cn(CCCCOc2ccc(-c3cc(=O)c4cc(Br)ccc4o3)cc2)nn1. The quantitative estimate of drug-likeness (QED) is 0.114. The number of carbonyl (C=O) groups excluding carboxylic acids is 1. The van der Waals surface area contributed by atoms with Gasteiger partial charge in [-0.3, -0.25) is 14.3 Å². The highest BCUT2D eigenvalue weighted by Gasteiger charge is 2.16. The number of ether oxygens (including phenoxy) is 1. The Morgan fingerprint density at radius 1 is 1.12 bits per heavy atom. The summed E-state index contributed by atoms with van der Waals surface area (Å²) >= 11 is 3.39. The maximum absolute atomic E-state index is 12.5. The number of rotatable bonds is 14. The van der Waals surface area contributed by atoms with Gasteiger partial charge < -0.3 is 14.5 Å². The number of fused-ring (bicyclic) bond motifs is 1. The van der Waals surface area contributed by atoms with Crippen molar-refractivity contribution in [2.45, 2.75) is 63.3 Å². The standard InChI is InChI=1S/C30H33BrN4O4S2/c31-22-9-12-28-26(17-22)27(36)18-29(39-28)21-7-10-24(11-8-21)38-15-4-3-14-35-20-23(33-34-35)19-32-30(37)6-2-1-5-25-13-16-40-41-25/h7-12,17-18,20,25H,1-6,13-16,19H2,(H,32,37). The summed E-state index contributed by atoms with van der Waals surface area (Å²) in [4.78, 5) is 24.6. The van der Waals surface area contributed by atoms with Crippen molar-refractivity contribution in [3.8, 4) is 17.1 Å². The summed E-state index contributed by atoms with van der Waals surface area (Å²) in [6.07, 6.45) is 8.77. The Kier molecular flexibility index (Phi) is 10.8. The third-order valence-electron chi connectivity index (χ3n) is 6.84. The highest BCUT2D eigenvalue weighted by molar-refractivity contribution is 9.10. The zero-order valence-corrected chi connectivity index (χ0v) is 25.9. The Bertz CT molecular complexity index is 1500. The molecule has 1 fully saturated rings. The fraction of sp³-hybridized carbons (Fsp3) is 0.400. The van der Waals surface area contributed by atoms with E-state index in [1.165, 1.54) is 24.7 Å². The van der Waals surface area contributed by atoms with Gasteiger partial charge in [0.05, 0.1) is 24.7 Å². The number of nitrogens with one attached hydrogen (secondary N) is 1. The lowest BCUT2D eigenvalue weighted by Gasteiger charge is -2.08. The van der Waals surface area contributed by atoms with E-state index in [1.807, 2.05) is 62.8 Å². The predicted octanol–water partition coefficient (Wildman–Crippen LogP) is 7.00. The van der Waals surface area contributed by atoms with Gasteiger partial charge in [0.2, 0.25) is 5.91 Å². The minimum atomic E-state index is -0.0779. The molecular formula is C30H33BrN4O4S2. The number of halogens is 1. The second-order valence-corrected chi connectivity index (χ2v) is 13.7. The molecule has 1 atom stereocenters. The number of aryl methyl sites for hydroxylation is 1. The molecule has 1 N–H and O–H groups in total. The van der Waals surface area contributed by atoms with E-state index in [1.54, 1.807) is 12.1 Å². The Hall–Kier alpha value is -2.76. The second-order valence-electron chi connectivity index (χ2n) is 10.0. The molecule has 0 spiro atoms. The molecule has 8 nitrogen and oxygen atoms in total. The van der Waals surface area contributed by atoms with E-state index in [0.29, 0.717) is 36.3 Å². The number of hydrogen-bond acceptors (Lipinski definition) is 8. The molecule has 11 heteroatoms. The Morgan fingerprint density at radius 3 is 2.83 bits per heavy atom. The van der Waals surface area contributed by atoms with Gasteiger partial charge in [-0.2, -0.15) is 0 Å². The molecule has 216 valence electrons. The van der Waals surface area contributed by atoms with Crippen LogP contribution in [-0.2, 0) is 17.9 Å². The summed E-state index contributed by atoms with van der Waals surface area (Å²) in [7, 11) is 3.96. The molecule has 41 heavy (non-hydrogen) atoms. The fourth-order valence-electron chi connectivity index (χ4n) is 4.58. The van der Waals surface area contributed by atoms with Crippen LogP contribution in [0, 0.1) is 0 Å². The van der Waals surface area contributed by atoms with Crippen molar-refractivity contribution >= 4 is 54.4 Å². The monoisotopic (exact) mass is 656 g/mol. The molecule has 1 aliphatic rings. The van der Waals surface area contributed by atoms with Crippen molar-refractivity contribution in [2.24, 2.45) is 0 Å². The van der Waals surface area contributed by atoms with Crippen LogP contribution in [0.2, 0.25) is 0 Å². The highest BCUT2D eigenvalue weighted by atomic mass is 79.9. The van der Waals surface area contributed by atoms with Gasteiger partial charge in [-0.25, -0.2) is 0 Å². The van der Waals surface area contributed by atoms with Gasteiger partial charge in [0.1, 0.15) is 22.8 Å². The Balaban J connectivity index is 0.975. The maximum atomic E-state index is 12.5. The Morgan fingerprint density at radius 2 is 2.00 bits per heavy atom. The van der Waals surface area contributed by atoms with Gasteiger partial charge in [0.15, 0.2) is 5.43 Å². The van der Waals surface area contributed by atoms with E-state index in [-0.39, 0.29) is 11.3 Å². The minimum absolute atomic E-state index is 0.0772. The molecule has 3 heterocycles. The van der Waals surface area contributed by atoms with Crippen LogP contribution in [-0.4, -0.2) is 38.5 Å². The van der Waals surface area contributed by atoms with E-state index >= 15 is 0 Å². The van der Waals surface area contributed by atoms with Crippen LogP contribution in [0.15, 0.2) is 68.4 Å². The molecule has 0 aliphatic carbocycles. The van der Waals surface area contributed by atoms with Crippen molar-refractivity contribution < 1.29 is 13.9 Å². The Labute approximate surface area is 255 Å². The zero-order chi connectivity index (χ0) is 28.4. The molecular weight excluding hydrogens is 624 g/mol. The van der Waals surface area contributed by atoms with Gasteiger partial charge in [-0.15, -0.1) is 5.10 Å². The lowest BCUT2D eigenvalue weighted by atomic mass is 10.1. The van der Waals surface area contributed by atoms with Gasteiger partial charge in [0, 0.05) is 40.1 Å². The van der Waals surface area contributed by atoms with Crippen molar-refractivity contribution in [3.63, 3.8) is 0 Å². The van der Waals surface area contributed by atoms with Crippen LogP contribution in [0.1, 0.15) is 50.6 Å². The molecule has 1 saturated heterocycles. The predicted molar refractivity (Wildman–Crippen MR) is 169 cm³/mol. The molecule has 1 amide bonds. The minimum Gasteiger partial charge on any atom is -0.494 e. The number of carbonyl (C=O) groups is 1. The van der Waals surface area contributed by atoms with Crippen molar-refractivity contribution in [3.05, 3.63) is 75.1 Å². The average Bonchev–Trinajstić information content (AvgIpc) is 3.67. The molecule has 1 unspecified atom stereocenters. The molecule has 2 aromatic heterocycles. The average molecular weight is 658 g/mol. The van der Waals surface area contributed by atoms with Gasteiger partial charge in [-0.05, 0) is 74.6 Å². The second kappa shape index (κ2) is 14.9. The third-order valence-corrected chi connectivity index (χ3v) is 10.3. The summed E-state index contributed by atoms with van der Waals surface area (Å²) in [5.41, 5.74) is 2.06. The number of nitrogens with zero attached hydrogens (tertiary/aromatic N) is 3. The molecule has 1 aliphatic heterocycles. The van der Waals surface area contributed by atoms with E-state index in [9.17, 15) is 9.59 Å². The number of hydrogen-bond donors (Lipinski definition) is 1. The van der Waals surface area contributed by atoms with Gasteiger partial charge in [-0.1, -0.05) is 49.2 Å². The van der Waals surface area contributed by atoms with Crippen LogP contribution in [0.25, 0.3) is 22.3 Å². The van der Waals surface area contributed by atoms with Crippen LogP contribution in [0.5, 0.6) is 5.75 Å². The van der Waals surface area contributed by atoms with E-state index in [0.717, 1.165) is 59.0 Å². The first-order chi connectivity index (χ1) is 20.0. The van der Waals surface area contributed by atoms with E-state index < -0.39 is 0 Å². The van der Waals surface area contributed by atoms with E-state index in [2.05, 4.69) is 31.6 Å². The summed E-state index contributed by atoms with van der Waals surface area (Å²) in [6, 6.07) is 14.5. The molecule has 5 rings (SSSR count). The molecule has 0 bridgehead atoms. The van der Waals surface area contributed by atoms with E-state index in [4.69, 9.17) is 9.15 Å². The van der Waals surface area contributed by atoms with Crippen molar-refractivity contribution in [1.29, 1.82) is 0 Å². The largest absolute Gasteiger partial charge is 0.494 e. The van der Waals surface area contributed by atoms with Crippen LogP contribution in [0.4, 0.5) is 0 Å². The lowest BCUT2D eigenvalue weighted by molar-refractivity contribution is -0.121. The molecule has 2 aromatic carbocycles. The number of amides is 1. The van der Waals surface area contributed by atoms with Gasteiger partial charge >= 0.3 is 0 Å². The van der Waals surface area contributed by atoms with Crippen LogP contribution < -0.4 is 15.5 Å². The first-order valence-corrected chi connectivity index (χ1v) is 17.1. The van der Waals surface area contributed by atoms with Crippen LogP contribution in [0.3, 0.4) is 0 Å². The van der Waals surface area contributed by atoms with Crippen LogP contribution >= 0.6 is 37.5 Å². The zero-order valence-electron chi connectivity index (χ0n) is 22.7. The molecule has 4 aromatic rings. The van der Waals surface area contributed by atoms with Crippen molar-refractivity contribution in [2.75, 3.05) is 12.4 Å². The first kappa shape index (κ1) is 29.7. The number of aromatic nitrogens is 3. The molecule has 0 saturated carbocycles. The number of benzene rings is 2. The van der Waals surface area contributed by atoms with Crippen molar-refractivity contribution in [1.82, 2.24) is 20.3 Å². The smallest absolute Gasteiger partial charge is 0.220 e. The summed E-state index contributed by atoms with van der Waals surface area (Å²) in [5, 5.41) is 12.6. The van der Waals surface area contributed by atoms with Gasteiger partial charge in [0.25, 0.3) is 0 Å². The molecule has 0 radical (unpaired) electrons. The highest BCUT2D eigenvalue weighted by Crippen LogP contribution is 2.39. The normalized spacial score (nSPS) is 14.9. The summed E-state index contributed by atoms with van der Waals surface area (Å²) < 4.78 is 14.5. The summed E-state index contributed by atoms with van der Waals surface area (Å²) in [6.45, 7) is 1.72. The fourth-order valence-corrected chi connectivity index (χ4v) is 7.97. The third kappa shape index (κ3) is 8.86. The first-order valence-electron chi connectivity index (χ1n) is 13.9. The maximum Gasteiger partial charge on any atom is 0.220 e.